The van der Waals surface area contributed by atoms with E-state index in [1.54, 1.807) is 12.1 Å². The lowest BCUT2D eigenvalue weighted by molar-refractivity contribution is 0.272. The summed E-state index contributed by atoms with van der Waals surface area (Å²) < 4.78 is 27.0. The van der Waals surface area contributed by atoms with Crippen LogP contribution in [0, 0.1) is 0 Å². The van der Waals surface area contributed by atoms with Crippen LogP contribution in [0.5, 0.6) is 0 Å². The normalized spacial score (nSPS) is 13.1. The first-order chi connectivity index (χ1) is 9.63. The molecule has 0 unspecified atom stereocenters. The molecule has 1 atom stereocenters. The molecule has 0 bridgehead atoms. The van der Waals surface area contributed by atoms with Crippen molar-refractivity contribution in [3.63, 3.8) is 0 Å². The zero-order valence-electron chi connectivity index (χ0n) is 10.8. The van der Waals surface area contributed by atoms with Crippen LogP contribution < -0.4 is 4.72 Å². The number of pyridine rings is 1. The number of benzene rings is 1. The van der Waals surface area contributed by atoms with E-state index in [0.29, 0.717) is 6.42 Å². The van der Waals surface area contributed by atoms with E-state index in [0.717, 1.165) is 5.56 Å². The topological polar surface area (TPSA) is 79.3 Å². The van der Waals surface area contributed by atoms with Crippen molar-refractivity contribution in [1.29, 1.82) is 0 Å². The molecule has 1 heterocycles. The van der Waals surface area contributed by atoms with Crippen LogP contribution in [0.2, 0.25) is 0 Å². The van der Waals surface area contributed by atoms with Gasteiger partial charge in [-0.3, -0.25) is 0 Å². The van der Waals surface area contributed by atoms with Crippen LogP contribution in [0.25, 0.3) is 0 Å². The van der Waals surface area contributed by atoms with Gasteiger partial charge in [-0.15, -0.1) is 0 Å². The molecule has 106 valence electrons. The minimum atomic E-state index is -3.70. The summed E-state index contributed by atoms with van der Waals surface area (Å²) in [5.74, 6) is 0. The molecule has 0 aliphatic carbocycles. The lowest BCUT2D eigenvalue weighted by Gasteiger charge is -2.17. The molecule has 20 heavy (non-hydrogen) atoms. The van der Waals surface area contributed by atoms with Crippen LogP contribution in [-0.2, 0) is 10.0 Å². The average Bonchev–Trinajstić information content (AvgIpc) is 2.48. The molecule has 0 fully saturated rings. The highest BCUT2D eigenvalue weighted by Crippen LogP contribution is 2.19. The van der Waals surface area contributed by atoms with Gasteiger partial charge < -0.3 is 5.11 Å². The van der Waals surface area contributed by atoms with Gasteiger partial charge in [-0.05, 0) is 24.1 Å². The van der Waals surface area contributed by atoms with Crippen LogP contribution in [0.3, 0.4) is 0 Å². The van der Waals surface area contributed by atoms with Crippen LogP contribution in [0.1, 0.15) is 18.0 Å². The second-order valence-electron chi connectivity index (χ2n) is 4.26. The molecule has 1 aromatic carbocycles. The molecule has 0 radical (unpaired) electrons. The van der Waals surface area contributed by atoms with E-state index in [4.69, 9.17) is 5.11 Å². The average molecular weight is 292 g/mol. The summed E-state index contributed by atoms with van der Waals surface area (Å²) in [7, 11) is -3.70. The van der Waals surface area contributed by atoms with Gasteiger partial charge in [0.2, 0.25) is 0 Å². The van der Waals surface area contributed by atoms with Crippen LogP contribution in [0.15, 0.2) is 59.8 Å². The van der Waals surface area contributed by atoms with Crippen molar-refractivity contribution in [2.75, 3.05) is 6.61 Å². The summed E-state index contributed by atoms with van der Waals surface area (Å²) in [6.45, 7) is -0.107. The molecule has 0 spiro atoms. The number of nitrogens with zero attached hydrogens (tertiary/aromatic N) is 1. The zero-order valence-corrected chi connectivity index (χ0v) is 11.6. The van der Waals surface area contributed by atoms with E-state index in [2.05, 4.69) is 9.71 Å². The van der Waals surface area contributed by atoms with E-state index >= 15 is 0 Å². The molecule has 5 nitrogen and oxygen atoms in total. The Morgan fingerprint density at radius 1 is 1.10 bits per heavy atom. The van der Waals surface area contributed by atoms with Gasteiger partial charge in [0.15, 0.2) is 5.03 Å². The minimum absolute atomic E-state index is 0.0288. The number of hydrogen-bond acceptors (Lipinski definition) is 4. The zero-order chi connectivity index (χ0) is 14.4. The van der Waals surface area contributed by atoms with Crippen LogP contribution >= 0.6 is 0 Å². The molecule has 2 aromatic rings. The maximum Gasteiger partial charge on any atom is 0.258 e. The van der Waals surface area contributed by atoms with Crippen molar-refractivity contribution >= 4 is 10.0 Å². The Labute approximate surface area is 118 Å². The van der Waals surface area contributed by atoms with E-state index in [-0.39, 0.29) is 11.6 Å². The second-order valence-corrected chi connectivity index (χ2v) is 5.93. The number of aromatic nitrogens is 1. The molecule has 0 aliphatic heterocycles. The first-order valence-electron chi connectivity index (χ1n) is 6.22. The quantitative estimate of drug-likeness (QED) is 0.845. The Morgan fingerprint density at radius 3 is 2.40 bits per heavy atom. The van der Waals surface area contributed by atoms with Crippen molar-refractivity contribution in [3.8, 4) is 0 Å². The standard InChI is InChI=1S/C14H16N2O3S/c17-11-9-13(12-6-2-1-3-7-12)16-20(18,19)14-8-4-5-10-15-14/h1-8,10,13,16-17H,9,11H2/t13-/m1/s1. The number of aliphatic hydroxyl groups excluding tert-OH is 1. The summed E-state index contributed by atoms with van der Waals surface area (Å²) in [4.78, 5) is 3.84. The first-order valence-corrected chi connectivity index (χ1v) is 7.71. The van der Waals surface area contributed by atoms with E-state index < -0.39 is 16.1 Å². The molecule has 2 N–H and O–H groups in total. The molecule has 2 rings (SSSR count). The van der Waals surface area contributed by atoms with Gasteiger partial charge in [0.25, 0.3) is 10.0 Å². The molecule has 0 saturated carbocycles. The van der Waals surface area contributed by atoms with E-state index in [1.165, 1.54) is 12.3 Å². The third-order valence-electron chi connectivity index (χ3n) is 2.83. The number of nitrogens with one attached hydrogen (secondary N) is 1. The van der Waals surface area contributed by atoms with Crippen molar-refractivity contribution in [2.24, 2.45) is 0 Å². The lowest BCUT2D eigenvalue weighted by atomic mass is 10.1. The largest absolute Gasteiger partial charge is 0.396 e. The predicted octanol–water partition coefficient (Wildman–Crippen LogP) is 1.48. The van der Waals surface area contributed by atoms with Gasteiger partial charge in [-0.2, -0.15) is 0 Å². The molecule has 0 aliphatic rings. The van der Waals surface area contributed by atoms with Crippen molar-refractivity contribution < 1.29 is 13.5 Å². The van der Waals surface area contributed by atoms with Gasteiger partial charge in [0.05, 0.1) is 0 Å². The number of hydrogen-bond donors (Lipinski definition) is 2. The summed E-state index contributed by atoms with van der Waals surface area (Å²) in [6, 6.07) is 13.4. The monoisotopic (exact) mass is 292 g/mol. The summed E-state index contributed by atoms with van der Waals surface area (Å²) in [5, 5.41) is 9.09. The van der Waals surface area contributed by atoms with E-state index in [1.807, 2.05) is 30.3 Å². The Hall–Kier alpha value is -1.76. The highest BCUT2D eigenvalue weighted by Gasteiger charge is 2.21. The summed E-state index contributed by atoms with van der Waals surface area (Å²) in [5.41, 5.74) is 0.807. The highest BCUT2D eigenvalue weighted by atomic mass is 32.2. The van der Waals surface area contributed by atoms with Gasteiger partial charge in [0.1, 0.15) is 0 Å². The summed E-state index contributed by atoms with van der Waals surface area (Å²) >= 11 is 0. The van der Waals surface area contributed by atoms with Crippen LogP contribution in [0.4, 0.5) is 0 Å². The predicted molar refractivity (Wildman–Crippen MR) is 75.4 cm³/mol. The molecular formula is C14H16N2O3S. The second kappa shape index (κ2) is 6.60. The van der Waals surface area contributed by atoms with Gasteiger partial charge >= 0.3 is 0 Å². The van der Waals surface area contributed by atoms with Gasteiger partial charge in [-0.25, -0.2) is 18.1 Å². The third-order valence-corrected chi connectivity index (χ3v) is 4.22. The highest BCUT2D eigenvalue weighted by molar-refractivity contribution is 7.89. The lowest BCUT2D eigenvalue weighted by Crippen LogP contribution is -2.29. The Kier molecular flexibility index (Phi) is 4.84. The van der Waals surface area contributed by atoms with Crippen molar-refractivity contribution in [1.82, 2.24) is 9.71 Å². The summed E-state index contributed by atoms with van der Waals surface area (Å²) in [6.07, 6.45) is 1.73. The molecule has 0 amide bonds. The Morgan fingerprint density at radius 2 is 1.80 bits per heavy atom. The number of rotatable bonds is 6. The third kappa shape index (κ3) is 3.63. The fraction of sp³-hybridized carbons (Fsp3) is 0.214. The van der Waals surface area contributed by atoms with E-state index in [9.17, 15) is 8.42 Å². The smallest absolute Gasteiger partial charge is 0.258 e. The molecular weight excluding hydrogens is 276 g/mol. The van der Waals surface area contributed by atoms with Gasteiger partial charge in [0, 0.05) is 18.8 Å². The fourth-order valence-corrected chi connectivity index (χ4v) is 3.07. The van der Waals surface area contributed by atoms with Crippen molar-refractivity contribution in [2.45, 2.75) is 17.5 Å². The Balaban J connectivity index is 2.25. The SMILES string of the molecule is O=S(=O)(N[C@H](CCO)c1ccccc1)c1ccccn1. The Bertz CT molecular complexity index is 630. The maximum absolute atomic E-state index is 12.2. The maximum atomic E-state index is 12.2. The fourth-order valence-electron chi connectivity index (χ4n) is 1.86. The molecule has 1 aromatic heterocycles. The number of aliphatic hydroxyl groups is 1. The minimum Gasteiger partial charge on any atom is -0.396 e. The van der Waals surface area contributed by atoms with Crippen LogP contribution in [-0.4, -0.2) is 25.1 Å². The number of sulfonamides is 1. The first kappa shape index (κ1) is 14.6. The molecule has 0 saturated heterocycles. The van der Waals surface area contributed by atoms with Gasteiger partial charge in [-0.1, -0.05) is 36.4 Å². The molecule has 6 heteroatoms. The van der Waals surface area contributed by atoms with Crippen molar-refractivity contribution in [3.05, 3.63) is 60.3 Å².